The zero-order valence-corrected chi connectivity index (χ0v) is 6.73. The molecular formula is C10H11NO. The maximum Gasteiger partial charge on any atom is 0.0988 e. The summed E-state index contributed by atoms with van der Waals surface area (Å²) in [7, 11) is 0. The maximum absolute atomic E-state index is 5.91. The van der Waals surface area contributed by atoms with Gasteiger partial charge in [-0.2, -0.15) is 0 Å². The van der Waals surface area contributed by atoms with Crippen LogP contribution in [0.2, 0.25) is 0 Å². The Kier molecular flexibility index (Phi) is 1.15. The Morgan fingerprint density at radius 1 is 1.25 bits per heavy atom. The zero-order valence-electron chi connectivity index (χ0n) is 6.73. The van der Waals surface area contributed by atoms with Crippen LogP contribution in [0.5, 0.6) is 0 Å². The standard InChI is InChI=1S/C10H11NO/c11-8-5-9-6-3-1-2-4-7(6)10(8)12-9/h1-4,8-10H,5,11H2/t8-,9?,10?/m1/s1. The Balaban J connectivity index is 2.17. The molecule has 2 heterocycles. The molecule has 1 aromatic rings. The van der Waals surface area contributed by atoms with E-state index in [2.05, 4.69) is 24.3 Å². The molecule has 2 aliphatic heterocycles. The number of rotatable bonds is 0. The molecule has 1 saturated heterocycles. The molecule has 0 aromatic heterocycles. The van der Waals surface area contributed by atoms with E-state index < -0.39 is 0 Å². The topological polar surface area (TPSA) is 35.2 Å². The normalized spacial score (nSPS) is 36.9. The van der Waals surface area contributed by atoms with E-state index in [4.69, 9.17) is 10.5 Å². The third-order valence-corrected chi connectivity index (χ3v) is 2.84. The van der Waals surface area contributed by atoms with Crippen molar-refractivity contribution in [3.8, 4) is 0 Å². The molecule has 62 valence electrons. The lowest BCUT2D eigenvalue weighted by atomic mass is 9.89. The van der Waals surface area contributed by atoms with Crippen molar-refractivity contribution in [2.45, 2.75) is 24.7 Å². The van der Waals surface area contributed by atoms with Gasteiger partial charge in [0.15, 0.2) is 0 Å². The summed E-state index contributed by atoms with van der Waals surface area (Å²) in [4.78, 5) is 0. The molecule has 2 N–H and O–H groups in total. The van der Waals surface area contributed by atoms with Crippen LogP contribution in [0, 0.1) is 0 Å². The minimum absolute atomic E-state index is 0.172. The van der Waals surface area contributed by atoms with Crippen molar-refractivity contribution in [2.24, 2.45) is 5.73 Å². The summed E-state index contributed by atoms with van der Waals surface area (Å²) < 4.78 is 5.73. The summed E-state index contributed by atoms with van der Waals surface area (Å²) in [5, 5.41) is 0. The zero-order chi connectivity index (χ0) is 8.13. The van der Waals surface area contributed by atoms with Gasteiger partial charge in [0.1, 0.15) is 0 Å². The second-order valence-electron chi connectivity index (χ2n) is 3.57. The molecule has 1 aromatic carbocycles. The van der Waals surface area contributed by atoms with Crippen LogP contribution in [0.4, 0.5) is 0 Å². The largest absolute Gasteiger partial charge is 0.364 e. The molecule has 2 heteroatoms. The first-order chi connectivity index (χ1) is 5.86. The number of hydrogen-bond acceptors (Lipinski definition) is 2. The molecule has 3 atom stereocenters. The van der Waals surface area contributed by atoms with Gasteiger partial charge in [0.05, 0.1) is 12.2 Å². The van der Waals surface area contributed by atoms with Gasteiger partial charge in [0.25, 0.3) is 0 Å². The fourth-order valence-electron chi connectivity index (χ4n) is 2.27. The van der Waals surface area contributed by atoms with Crippen LogP contribution < -0.4 is 5.73 Å². The Morgan fingerprint density at radius 3 is 2.83 bits per heavy atom. The van der Waals surface area contributed by atoms with Gasteiger partial charge in [-0.3, -0.25) is 0 Å². The van der Waals surface area contributed by atoms with E-state index in [1.54, 1.807) is 0 Å². The molecule has 2 nitrogen and oxygen atoms in total. The van der Waals surface area contributed by atoms with Crippen LogP contribution in [-0.2, 0) is 4.74 Å². The molecule has 2 bridgehead atoms. The van der Waals surface area contributed by atoms with Crippen molar-refractivity contribution in [3.63, 3.8) is 0 Å². The molecule has 2 aliphatic rings. The first-order valence-corrected chi connectivity index (χ1v) is 4.36. The number of nitrogens with two attached hydrogens (primary N) is 1. The van der Waals surface area contributed by atoms with Gasteiger partial charge in [-0.1, -0.05) is 24.3 Å². The lowest BCUT2D eigenvalue weighted by Crippen LogP contribution is -2.25. The molecule has 0 spiro atoms. The summed E-state index contributed by atoms with van der Waals surface area (Å²) in [5.74, 6) is 0. The average Bonchev–Trinajstić information content (AvgIpc) is 2.62. The van der Waals surface area contributed by atoms with E-state index in [1.807, 2.05) is 0 Å². The first-order valence-electron chi connectivity index (χ1n) is 4.36. The number of hydrogen-bond donors (Lipinski definition) is 1. The van der Waals surface area contributed by atoms with E-state index >= 15 is 0 Å². The van der Waals surface area contributed by atoms with Gasteiger partial charge in [-0.25, -0.2) is 0 Å². The summed E-state index contributed by atoms with van der Waals surface area (Å²) >= 11 is 0. The molecule has 0 aliphatic carbocycles. The van der Waals surface area contributed by atoms with E-state index in [0.29, 0.717) is 0 Å². The van der Waals surface area contributed by atoms with Gasteiger partial charge < -0.3 is 10.5 Å². The van der Waals surface area contributed by atoms with Gasteiger partial charge in [-0.05, 0) is 17.5 Å². The lowest BCUT2D eigenvalue weighted by Gasteiger charge is -2.16. The minimum atomic E-state index is 0.172. The van der Waals surface area contributed by atoms with E-state index in [-0.39, 0.29) is 18.2 Å². The summed E-state index contributed by atoms with van der Waals surface area (Å²) in [6, 6.07) is 8.60. The molecule has 12 heavy (non-hydrogen) atoms. The summed E-state index contributed by atoms with van der Waals surface area (Å²) in [5.41, 5.74) is 8.57. The summed E-state index contributed by atoms with van der Waals surface area (Å²) in [6.07, 6.45) is 1.44. The van der Waals surface area contributed by atoms with Gasteiger partial charge in [-0.15, -0.1) is 0 Å². The van der Waals surface area contributed by atoms with Crippen LogP contribution >= 0.6 is 0 Å². The van der Waals surface area contributed by atoms with Crippen LogP contribution in [0.3, 0.4) is 0 Å². The summed E-state index contributed by atoms with van der Waals surface area (Å²) in [6.45, 7) is 0. The quantitative estimate of drug-likeness (QED) is 0.626. The number of benzene rings is 1. The average molecular weight is 161 g/mol. The van der Waals surface area contributed by atoms with Crippen molar-refractivity contribution in [2.75, 3.05) is 0 Å². The maximum atomic E-state index is 5.91. The molecule has 3 rings (SSSR count). The van der Waals surface area contributed by atoms with E-state index in [0.717, 1.165) is 6.42 Å². The Bertz CT molecular complexity index is 323. The predicted octanol–water partition coefficient (Wildman–Crippen LogP) is 1.53. The third kappa shape index (κ3) is 0.667. The van der Waals surface area contributed by atoms with Gasteiger partial charge in [0.2, 0.25) is 0 Å². The highest BCUT2D eigenvalue weighted by molar-refractivity contribution is 5.38. The molecule has 2 unspecified atom stereocenters. The molecule has 0 radical (unpaired) electrons. The second kappa shape index (κ2) is 2.09. The minimum Gasteiger partial charge on any atom is -0.364 e. The molecular weight excluding hydrogens is 150 g/mol. The van der Waals surface area contributed by atoms with Crippen molar-refractivity contribution < 1.29 is 4.74 Å². The highest BCUT2D eigenvalue weighted by Crippen LogP contribution is 2.49. The van der Waals surface area contributed by atoms with Crippen molar-refractivity contribution in [3.05, 3.63) is 35.4 Å². The fourth-order valence-corrected chi connectivity index (χ4v) is 2.27. The first kappa shape index (κ1) is 6.63. The van der Waals surface area contributed by atoms with Crippen molar-refractivity contribution in [1.29, 1.82) is 0 Å². The number of fused-ring (bicyclic) bond motifs is 5. The van der Waals surface area contributed by atoms with E-state index in [9.17, 15) is 0 Å². The predicted molar refractivity (Wildman–Crippen MR) is 45.6 cm³/mol. The van der Waals surface area contributed by atoms with E-state index in [1.165, 1.54) is 11.1 Å². The SMILES string of the molecule is N[C@@H]1CC2OC1c1ccccc12. The fraction of sp³-hybridized carbons (Fsp3) is 0.400. The van der Waals surface area contributed by atoms with Gasteiger partial charge in [0, 0.05) is 6.04 Å². The van der Waals surface area contributed by atoms with Crippen LogP contribution in [0.1, 0.15) is 29.8 Å². The Hall–Kier alpha value is -0.860. The lowest BCUT2D eigenvalue weighted by molar-refractivity contribution is 0.0679. The molecule has 1 fully saturated rings. The number of ether oxygens (including phenoxy) is 1. The van der Waals surface area contributed by atoms with Crippen LogP contribution in [0.15, 0.2) is 24.3 Å². The van der Waals surface area contributed by atoms with Crippen LogP contribution in [0.25, 0.3) is 0 Å². The van der Waals surface area contributed by atoms with Crippen LogP contribution in [-0.4, -0.2) is 6.04 Å². The van der Waals surface area contributed by atoms with Crippen molar-refractivity contribution in [1.82, 2.24) is 0 Å². The van der Waals surface area contributed by atoms with Gasteiger partial charge >= 0.3 is 0 Å². The molecule has 0 amide bonds. The Morgan fingerprint density at radius 2 is 2.00 bits per heavy atom. The monoisotopic (exact) mass is 161 g/mol. The second-order valence-corrected chi connectivity index (χ2v) is 3.57. The smallest absolute Gasteiger partial charge is 0.0988 e. The third-order valence-electron chi connectivity index (χ3n) is 2.84. The highest BCUT2D eigenvalue weighted by Gasteiger charge is 2.42. The Labute approximate surface area is 71.3 Å². The van der Waals surface area contributed by atoms with Crippen molar-refractivity contribution >= 4 is 0 Å². The highest BCUT2D eigenvalue weighted by atomic mass is 16.5. The molecule has 0 saturated carbocycles.